The zero-order valence-electron chi connectivity index (χ0n) is 13.3. The van der Waals surface area contributed by atoms with Crippen LogP contribution in [-0.2, 0) is 14.8 Å². The quantitative estimate of drug-likeness (QED) is 0.867. The van der Waals surface area contributed by atoms with Crippen molar-refractivity contribution in [3.8, 4) is 0 Å². The van der Waals surface area contributed by atoms with Crippen LogP contribution in [0.25, 0.3) is 0 Å². The molecule has 1 aromatic carbocycles. The maximum Gasteiger partial charge on any atom is 0.238 e. The van der Waals surface area contributed by atoms with Crippen molar-refractivity contribution >= 4 is 33.2 Å². The average molecular weight is 360 g/mol. The van der Waals surface area contributed by atoms with Crippen LogP contribution in [0.3, 0.4) is 0 Å². The molecule has 0 atom stereocenters. The Balaban J connectivity index is 1.80. The number of carbonyl (C=O) groups is 1. The first kappa shape index (κ1) is 18.2. The Morgan fingerprint density at radius 2 is 1.87 bits per heavy atom. The van der Waals surface area contributed by atoms with Crippen molar-refractivity contribution in [2.24, 2.45) is 0 Å². The van der Waals surface area contributed by atoms with Crippen LogP contribution in [-0.4, -0.2) is 62.5 Å². The normalized spacial score (nSPS) is 17.4. The molecule has 1 aromatic rings. The van der Waals surface area contributed by atoms with Crippen LogP contribution < -0.4 is 5.32 Å². The van der Waals surface area contributed by atoms with Gasteiger partial charge in [-0.1, -0.05) is 11.6 Å². The largest absolute Gasteiger partial charge is 0.325 e. The van der Waals surface area contributed by atoms with Crippen molar-refractivity contribution in [2.75, 3.05) is 38.3 Å². The number of sulfonamides is 1. The summed E-state index contributed by atoms with van der Waals surface area (Å²) in [5.41, 5.74) is 0.714. The van der Waals surface area contributed by atoms with Crippen molar-refractivity contribution in [3.63, 3.8) is 0 Å². The first-order valence-electron chi connectivity index (χ1n) is 7.46. The lowest BCUT2D eigenvalue weighted by atomic mass is 10.1. The fourth-order valence-electron chi connectivity index (χ4n) is 2.65. The Kier molecular flexibility index (Phi) is 6.02. The molecule has 2 rings (SSSR count). The minimum atomic E-state index is -3.16. The van der Waals surface area contributed by atoms with Gasteiger partial charge in [-0.3, -0.25) is 9.69 Å². The fraction of sp³-hybridized carbons (Fsp3) is 0.533. The molecule has 1 heterocycles. The van der Waals surface area contributed by atoms with Gasteiger partial charge in [0, 0.05) is 36.9 Å². The van der Waals surface area contributed by atoms with E-state index in [0.717, 1.165) is 12.8 Å². The molecule has 23 heavy (non-hydrogen) atoms. The van der Waals surface area contributed by atoms with Crippen LogP contribution in [0.2, 0.25) is 5.02 Å². The Labute approximate surface area is 142 Å². The number of hydrogen-bond acceptors (Lipinski definition) is 4. The maximum atomic E-state index is 12.0. The summed E-state index contributed by atoms with van der Waals surface area (Å²) in [6, 6.07) is 6.98. The number of piperidine rings is 1. The third kappa shape index (κ3) is 5.46. The van der Waals surface area contributed by atoms with Gasteiger partial charge in [0.25, 0.3) is 0 Å². The molecule has 0 aromatic heterocycles. The second-order valence-corrected chi connectivity index (χ2v) is 8.32. The minimum absolute atomic E-state index is 0.0144. The van der Waals surface area contributed by atoms with Crippen LogP contribution in [0.1, 0.15) is 12.8 Å². The highest BCUT2D eigenvalue weighted by molar-refractivity contribution is 7.88. The van der Waals surface area contributed by atoms with Crippen molar-refractivity contribution in [2.45, 2.75) is 18.9 Å². The third-order valence-electron chi connectivity index (χ3n) is 4.09. The molecule has 0 radical (unpaired) electrons. The van der Waals surface area contributed by atoms with Gasteiger partial charge in [-0.2, -0.15) is 0 Å². The van der Waals surface area contributed by atoms with Gasteiger partial charge < -0.3 is 5.32 Å². The second kappa shape index (κ2) is 7.61. The van der Waals surface area contributed by atoms with E-state index in [2.05, 4.69) is 5.32 Å². The van der Waals surface area contributed by atoms with E-state index in [1.807, 2.05) is 4.90 Å². The van der Waals surface area contributed by atoms with Gasteiger partial charge in [-0.25, -0.2) is 12.7 Å². The van der Waals surface area contributed by atoms with Gasteiger partial charge >= 0.3 is 0 Å². The summed E-state index contributed by atoms with van der Waals surface area (Å²) in [4.78, 5) is 14.1. The van der Waals surface area contributed by atoms with Crippen LogP contribution in [0.5, 0.6) is 0 Å². The molecule has 0 saturated carbocycles. The molecule has 1 aliphatic heterocycles. The number of hydrogen-bond donors (Lipinski definition) is 1. The van der Waals surface area contributed by atoms with E-state index in [1.165, 1.54) is 10.6 Å². The number of anilines is 1. The monoisotopic (exact) mass is 359 g/mol. The number of nitrogens with zero attached hydrogens (tertiary/aromatic N) is 2. The Morgan fingerprint density at radius 1 is 1.30 bits per heavy atom. The zero-order chi connectivity index (χ0) is 17.0. The van der Waals surface area contributed by atoms with Crippen molar-refractivity contribution in [1.82, 2.24) is 9.21 Å². The average Bonchev–Trinajstić information content (AvgIpc) is 2.49. The van der Waals surface area contributed by atoms with Gasteiger partial charge in [0.2, 0.25) is 15.9 Å². The van der Waals surface area contributed by atoms with E-state index < -0.39 is 10.0 Å². The van der Waals surface area contributed by atoms with Crippen LogP contribution in [0.4, 0.5) is 5.69 Å². The summed E-state index contributed by atoms with van der Waals surface area (Å²) in [5, 5.41) is 3.45. The van der Waals surface area contributed by atoms with E-state index >= 15 is 0 Å². The van der Waals surface area contributed by atoms with Gasteiger partial charge in [-0.05, 0) is 37.1 Å². The molecule has 6 nitrogen and oxygen atoms in total. The lowest BCUT2D eigenvalue weighted by Crippen LogP contribution is -2.47. The third-order valence-corrected chi connectivity index (χ3v) is 5.69. The molecule has 0 aliphatic carbocycles. The topological polar surface area (TPSA) is 69.7 Å². The highest BCUT2D eigenvalue weighted by atomic mass is 35.5. The summed E-state index contributed by atoms with van der Waals surface area (Å²) in [6.45, 7) is 1.72. The molecule has 0 unspecified atom stereocenters. The predicted octanol–water partition coefficient (Wildman–Crippen LogP) is 1.63. The zero-order valence-corrected chi connectivity index (χ0v) is 14.9. The molecular weight excluding hydrogens is 338 g/mol. The number of amides is 1. The number of likely N-dealkylation sites (tertiary alicyclic amines) is 1. The number of nitrogens with one attached hydrogen (secondary N) is 1. The van der Waals surface area contributed by atoms with E-state index in [4.69, 9.17) is 11.6 Å². The van der Waals surface area contributed by atoms with E-state index in [0.29, 0.717) is 30.3 Å². The molecule has 128 valence electrons. The number of benzene rings is 1. The Morgan fingerprint density at radius 3 is 2.39 bits per heavy atom. The number of halogens is 1. The SMILES string of the molecule is CN(C1CCN(CC(=O)Nc2ccc(Cl)cc2)CC1)S(C)(=O)=O. The maximum absolute atomic E-state index is 12.0. The lowest BCUT2D eigenvalue weighted by Gasteiger charge is -2.35. The molecule has 1 aliphatic rings. The van der Waals surface area contributed by atoms with Gasteiger partial charge in [-0.15, -0.1) is 0 Å². The molecule has 1 N–H and O–H groups in total. The first-order chi connectivity index (χ1) is 10.8. The van der Waals surface area contributed by atoms with Crippen molar-refractivity contribution in [3.05, 3.63) is 29.3 Å². The minimum Gasteiger partial charge on any atom is -0.325 e. The fourth-order valence-corrected chi connectivity index (χ4v) is 3.53. The first-order valence-corrected chi connectivity index (χ1v) is 9.69. The summed E-state index contributed by atoms with van der Waals surface area (Å²) >= 11 is 5.81. The molecule has 8 heteroatoms. The molecular formula is C15H22ClN3O3S. The molecule has 0 bridgehead atoms. The molecule has 0 spiro atoms. The summed E-state index contributed by atoms with van der Waals surface area (Å²) in [5.74, 6) is -0.0813. The molecule has 1 fully saturated rings. The smallest absolute Gasteiger partial charge is 0.238 e. The van der Waals surface area contributed by atoms with Crippen molar-refractivity contribution < 1.29 is 13.2 Å². The molecule has 1 saturated heterocycles. The highest BCUT2D eigenvalue weighted by Gasteiger charge is 2.27. The summed E-state index contributed by atoms with van der Waals surface area (Å²) in [6.07, 6.45) is 2.69. The Hall–Kier alpha value is -1.15. The van der Waals surface area contributed by atoms with Crippen molar-refractivity contribution in [1.29, 1.82) is 0 Å². The highest BCUT2D eigenvalue weighted by Crippen LogP contribution is 2.18. The van der Waals surface area contributed by atoms with Gasteiger partial charge in [0.05, 0.1) is 12.8 Å². The van der Waals surface area contributed by atoms with E-state index in [1.54, 1.807) is 31.3 Å². The number of carbonyl (C=O) groups excluding carboxylic acids is 1. The van der Waals surface area contributed by atoms with E-state index in [9.17, 15) is 13.2 Å². The van der Waals surface area contributed by atoms with Gasteiger partial charge in [0.15, 0.2) is 0 Å². The molecule has 1 amide bonds. The van der Waals surface area contributed by atoms with E-state index in [-0.39, 0.29) is 11.9 Å². The van der Waals surface area contributed by atoms with Crippen LogP contribution >= 0.6 is 11.6 Å². The van der Waals surface area contributed by atoms with Gasteiger partial charge in [0.1, 0.15) is 0 Å². The lowest BCUT2D eigenvalue weighted by molar-refractivity contribution is -0.117. The predicted molar refractivity (Wildman–Crippen MR) is 92.2 cm³/mol. The summed E-state index contributed by atoms with van der Waals surface area (Å²) < 4.78 is 24.5. The van der Waals surface area contributed by atoms with Crippen LogP contribution in [0.15, 0.2) is 24.3 Å². The summed E-state index contributed by atoms with van der Waals surface area (Å²) in [7, 11) is -1.55. The standard InChI is InChI=1S/C15H22ClN3O3S/c1-18(23(2,21)22)14-7-9-19(10-8-14)11-15(20)17-13-5-3-12(16)4-6-13/h3-6,14H,7-11H2,1-2H3,(H,17,20). The Bertz CT molecular complexity index is 640. The van der Waals surface area contributed by atoms with Crippen LogP contribution in [0, 0.1) is 0 Å². The second-order valence-electron chi connectivity index (χ2n) is 5.84. The number of rotatable bonds is 5.